The van der Waals surface area contributed by atoms with Gasteiger partial charge in [-0.05, 0) is 46.7 Å². The lowest BCUT2D eigenvalue weighted by molar-refractivity contribution is 0.487. The average molecular weight is 434 g/mol. The first-order valence-corrected chi connectivity index (χ1v) is 11.6. The van der Waals surface area contributed by atoms with Crippen molar-refractivity contribution >= 4 is 43.4 Å². The number of ether oxygens (including phenoxy) is 1. The van der Waals surface area contributed by atoms with Crippen LogP contribution in [0.15, 0.2) is 115 Å². The van der Waals surface area contributed by atoms with E-state index in [2.05, 4.69) is 108 Å². The molecule has 2 heterocycles. The minimum Gasteiger partial charge on any atom is -0.456 e. The second-order valence-electron chi connectivity index (χ2n) is 8.94. The summed E-state index contributed by atoms with van der Waals surface area (Å²) in [7, 11) is 0. The van der Waals surface area contributed by atoms with Crippen LogP contribution in [0.2, 0.25) is 0 Å². The van der Waals surface area contributed by atoms with E-state index >= 15 is 0 Å². The summed E-state index contributed by atoms with van der Waals surface area (Å²) in [5, 5.41) is 7.49. The highest BCUT2D eigenvalue weighted by molar-refractivity contribution is 6.22. The van der Waals surface area contributed by atoms with Crippen LogP contribution in [0.5, 0.6) is 11.5 Å². The van der Waals surface area contributed by atoms with Crippen LogP contribution in [0.1, 0.15) is 0 Å². The summed E-state index contributed by atoms with van der Waals surface area (Å²) in [6.07, 6.45) is 0. The maximum atomic E-state index is 6.35. The molecule has 158 valence electrons. The molecule has 1 aliphatic rings. The summed E-state index contributed by atoms with van der Waals surface area (Å²) in [4.78, 5) is 0. The summed E-state index contributed by atoms with van der Waals surface area (Å²) in [6.45, 7) is 0. The highest BCUT2D eigenvalue weighted by atomic mass is 16.5. The molecule has 1 aliphatic heterocycles. The Hall–Kier alpha value is -4.56. The van der Waals surface area contributed by atoms with Crippen LogP contribution in [-0.4, -0.2) is 4.57 Å². The van der Waals surface area contributed by atoms with E-state index in [1.807, 2.05) is 12.1 Å². The summed E-state index contributed by atoms with van der Waals surface area (Å²) in [6, 6.07) is 41.1. The molecule has 0 N–H and O–H groups in total. The Balaban J connectivity index is 1.54. The van der Waals surface area contributed by atoms with Crippen molar-refractivity contribution in [1.29, 1.82) is 0 Å². The third-order valence-corrected chi connectivity index (χ3v) is 7.18. The molecule has 0 unspecified atom stereocenters. The number of hydrogen-bond acceptors (Lipinski definition) is 1. The van der Waals surface area contributed by atoms with Crippen LogP contribution in [0.3, 0.4) is 0 Å². The zero-order chi connectivity index (χ0) is 22.2. The molecule has 0 bridgehead atoms. The fourth-order valence-electron chi connectivity index (χ4n) is 5.76. The molecule has 6 aromatic carbocycles. The molecule has 0 aliphatic carbocycles. The fourth-order valence-corrected chi connectivity index (χ4v) is 5.76. The first kappa shape index (κ1) is 17.9. The van der Waals surface area contributed by atoms with Crippen LogP contribution in [0, 0.1) is 0 Å². The van der Waals surface area contributed by atoms with Gasteiger partial charge in [-0.1, -0.05) is 84.9 Å². The standard InChI is InChI=1S/C32H19NO/c1-2-9-21-20(8-1)16-17-28-31(21)24-11-3-5-14-26(24)33(28)27-18-19-30-32-23(12-7-13-25(27)32)22-10-4-6-15-29(22)34-30/h1-19H. The van der Waals surface area contributed by atoms with Crippen LogP contribution in [0.4, 0.5) is 0 Å². The number of aromatic nitrogens is 1. The van der Waals surface area contributed by atoms with Crippen molar-refractivity contribution in [3.05, 3.63) is 115 Å². The van der Waals surface area contributed by atoms with Crippen molar-refractivity contribution in [2.24, 2.45) is 0 Å². The first-order valence-electron chi connectivity index (χ1n) is 11.6. The molecule has 0 saturated carbocycles. The topological polar surface area (TPSA) is 14.2 Å². The Bertz CT molecular complexity index is 1940. The zero-order valence-electron chi connectivity index (χ0n) is 18.3. The number of benzene rings is 6. The van der Waals surface area contributed by atoms with E-state index in [0.717, 1.165) is 17.1 Å². The van der Waals surface area contributed by atoms with E-state index in [4.69, 9.17) is 4.74 Å². The van der Waals surface area contributed by atoms with E-state index in [-0.39, 0.29) is 0 Å². The first-order chi connectivity index (χ1) is 16.9. The zero-order valence-corrected chi connectivity index (χ0v) is 18.3. The van der Waals surface area contributed by atoms with Gasteiger partial charge >= 0.3 is 0 Å². The van der Waals surface area contributed by atoms with Crippen LogP contribution in [0.25, 0.3) is 60.2 Å². The molecule has 0 spiro atoms. The highest BCUT2D eigenvalue weighted by Crippen LogP contribution is 2.48. The molecule has 0 amide bonds. The van der Waals surface area contributed by atoms with Crippen molar-refractivity contribution in [3.8, 4) is 28.3 Å². The van der Waals surface area contributed by atoms with E-state index in [1.54, 1.807) is 0 Å². The summed E-state index contributed by atoms with van der Waals surface area (Å²) >= 11 is 0. The Labute approximate surface area is 196 Å². The molecule has 0 fully saturated rings. The van der Waals surface area contributed by atoms with E-state index in [1.165, 1.54) is 54.6 Å². The average Bonchev–Trinajstić information content (AvgIpc) is 3.24. The summed E-state index contributed by atoms with van der Waals surface area (Å²) in [5.41, 5.74) is 5.97. The van der Waals surface area contributed by atoms with Gasteiger partial charge in [0, 0.05) is 27.1 Å². The predicted octanol–water partition coefficient (Wildman–Crippen LogP) is 8.86. The number of rotatable bonds is 1. The minimum absolute atomic E-state index is 0.915. The van der Waals surface area contributed by atoms with Crippen molar-refractivity contribution in [3.63, 3.8) is 0 Å². The van der Waals surface area contributed by atoms with Gasteiger partial charge in [-0.3, -0.25) is 0 Å². The van der Waals surface area contributed by atoms with Crippen LogP contribution < -0.4 is 4.74 Å². The summed E-state index contributed by atoms with van der Waals surface area (Å²) < 4.78 is 8.76. The normalized spacial score (nSPS) is 12.4. The minimum atomic E-state index is 0.915. The van der Waals surface area contributed by atoms with Crippen LogP contribution in [-0.2, 0) is 0 Å². The maximum Gasteiger partial charge on any atom is 0.136 e. The molecule has 0 saturated heterocycles. The number of nitrogens with zero attached hydrogens (tertiary/aromatic N) is 1. The van der Waals surface area contributed by atoms with Crippen molar-refractivity contribution in [2.75, 3.05) is 0 Å². The lowest BCUT2D eigenvalue weighted by atomic mass is 9.94. The molecular weight excluding hydrogens is 414 g/mol. The van der Waals surface area contributed by atoms with Crippen LogP contribution >= 0.6 is 0 Å². The van der Waals surface area contributed by atoms with Crippen molar-refractivity contribution in [1.82, 2.24) is 4.57 Å². The number of hydrogen-bond donors (Lipinski definition) is 0. The third kappa shape index (κ3) is 2.24. The quantitative estimate of drug-likeness (QED) is 0.252. The number of fused-ring (bicyclic) bond motifs is 7. The van der Waals surface area contributed by atoms with E-state index in [9.17, 15) is 0 Å². The van der Waals surface area contributed by atoms with Crippen molar-refractivity contribution in [2.45, 2.75) is 0 Å². The van der Waals surface area contributed by atoms with Gasteiger partial charge in [0.25, 0.3) is 0 Å². The molecule has 1 aromatic heterocycles. The van der Waals surface area contributed by atoms with E-state index in [0.29, 0.717) is 0 Å². The summed E-state index contributed by atoms with van der Waals surface area (Å²) in [5.74, 6) is 1.83. The maximum absolute atomic E-state index is 6.35. The molecule has 7 aromatic rings. The highest BCUT2D eigenvalue weighted by Gasteiger charge is 2.22. The van der Waals surface area contributed by atoms with Gasteiger partial charge in [0.2, 0.25) is 0 Å². The third-order valence-electron chi connectivity index (χ3n) is 7.18. The van der Waals surface area contributed by atoms with Gasteiger partial charge in [0.1, 0.15) is 11.5 Å². The molecule has 2 heteroatoms. The van der Waals surface area contributed by atoms with Gasteiger partial charge in [-0.2, -0.15) is 0 Å². The van der Waals surface area contributed by atoms with Gasteiger partial charge < -0.3 is 9.30 Å². The molecule has 8 rings (SSSR count). The second-order valence-corrected chi connectivity index (χ2v) is 8.94. The monoisotopic (exact) mass is 433 g/mol. The fraction of sp³-hybridized carbons (Fsp3) is 0. The Morgan fingerprint density at radius 3 is 2.18 bits per heavy atom. The van der Waals surface area contributed by atoms with Gasteiger partial charge in [0.15, 0.2) is 0 Å². The predicted molar refractivity (Wildman–Crippen MR) is 141 cm³/mol. The molecule has 2 nitrogen and oxygen atoms in total. The van der Waals surface area contributed by atoms with E-state index < -0.39 is 0 Å². The second kappa shape index (κ2) is 6.49. The molecule has 0 radical (unpaired) electrons. The lowest BCUT2D eigenvalue weighted by Gasteiger charge is -2.23. The molecule has 34 heavy (non-hydrogen) atoms. The SMILES string of the molecule is c1ccc2c(c1)Oc1ccc(-n3c4ccccc4c4c5ccccc5ccc43)c3cccc-2c13. The largest absolute Gasteiger partial charge is 0.456 e. The smallest absolute Gasteiger partial charge is 0.136 e. The van der Waals surface area contributed by atoms with Gasteiger partial charge in [0.05, 0.1) is 16.7 Å². The molecule has 0 atom stereocenters. The van der Waals surface area contributed by atoms with Gasteiger partial charge in [-0.25, -0.2) is 0 Å². The van der Waals surface area contributed by atoms with Crippen molar-refractivity contribution < 1.29 is 4.74 Å². The molecular formula is C32H19NO. The Kier molecular flexibility index (Phi) is 3.42. The number of para-hydroxylation sites is 2. The Morgan fingerprint density at radius 1 is 0.441 bits per heavy atom. The lowest BCUT2D eigenvalue weighted by Crippen LogP contribution is -2.00. The van der Waals surface area contributed by atoms with Gasteiger partial charge in [-0.15, -0.1) is 0 Å². The Morgan fingerprint density at radius 2 is 1.21 bits per heavy atom.